The van der Waals surface area contributed by atoms with E-state index in [0.29, 0.717) is 31.2 Å². The fourth-order valence-electron chi connectivity index (χ4n) is 4.33. The highest BCUT2D eigenvalue weighted by Gasteiger charge is 2.26. The molecule has 0 aliphatic carbocycles. The average molecular weight is 567 g/mol. The number of nitrogens with zero attached hydrogens (tertiary/aromatic N) is 2. The van der Waals surface area contributed by atoms with Crippen molar-refractivity contribution < 1.29 is 27.6 Å². The summed E-state index contributed by atoms with van der Waals surface area (Å²) in [5.41, 5.74) is 6.45. The van der Waals surface area contributed by atoms with Crippen LogP contribution in [0.1, 0.15) is 23.2 Å². The Morgan fingerprint density at radius 1 is 1.18 bits per heavy atom. The maximum absolute atomic E-state index is 13.1. The molecule has 40 heavy (non-hydrogen) atoms. The summed E-state index contributed by atoms with van der Waals surface area (Å²) in [5, 5.41) is 15.5. The van der Waals surface area contributed by atoms with Crippen LogP contribution in [0.5, 0.6) is 11.5 Å². The van der Waals surface area contributed by atoms with Crippen LogP contribution in [-0.4, -0.2) is 49.0 Å². The number of sulfonamides is 1. The number of nitrogen functional groups attached to an aromatic ring is 1. The Hall–Kier alpha value is -4.69. The first-order valence-corrected chi connectivity index (χ1v) is 13.9. The standard InChI is InChI=1S/C26H26N6O7S/c27-18-1-3-21(24(12-18)39-19-11-17-5-8-28-25(17)30-15-19)26(33)31-40(36,37)20-2-4-22(23(13-20)32(34)35)29-14-16-6-9-38-10-7-16/h1-5,8,11-13,15-16,29H,6-7,9-10,14,27H2,(H,28,30)(H,31,33). The summed E-state index contributed by atoms with van der Waals surface area (Å²) in [6, 6.07) is 11.0. The van der Waals surface area contributed by atoms with Gasteiger partial charge in [-0.3, -0.25) is 14.9 Å². The topological polar surface area (TPSA) is 192 Å². The number of aromatic amines is 1. The van der Waals surface area contributed by atoms with Gasteiger partial charge in [-0.15, -0.1) is 0 Å². The Morgan fingerprint density at radius 2 is 1.98 bits per heavy atom. The van der Waals surface area contributed by atoms with Crippen LogP contribution in [0.15, 0.2) is 65.8 Å². The van der Waals surface area contributed by atoms with Crippen molar-refractivity contribution in [3.63, 3.8) is 0 Å². The molecule has 208 valence electrons. The molecule has 0 atom stereocenters. The molecule has 0 radical (unpaired) electrons. The highest BCUT2D eigenvalue weighted by atomic mass is 32.2. The van der Waals surface area contributed by atoms with E-state index in [4.69, 9.17) is 15.2 Å². The molecule has 0 saturated carbocycles. The summed E-state index contributed by atoms with van der Waals surface area (Å²) in [7, 11) is -4.49. The molecular formula is C26H26N6O7S. The largest absolute Gasteiger partial charge is 0.455 e. The molecule has 13 nitrogen and oxygen atoms in total. The number of carbonyl (C=O) groups is 1. The van der Waals surface area contributed by atoms with E-state index in [1.165, 1.54) is 36.5 Å². The lowest BCUT2D eigenvalue weighted by Crippen LogP contribution is -2.31. The molecule has 0 bridgehead atoms. The van der Waals surface area contributed by atoms with E-state index in [2.05, 4.69) is 15.3 Å². The number of amides is 1. The summed E-state index contributed by atoms with van der Waals surface area (Å²) in [6.45, 7) is 1.75. The smallest absolute Gasteiger partial charge is 0.293 e. The Labute approximate surface area is 228 Å². The summed E-state index contributed by atoms with van der Waals surface area (Å²) in [5.74, 6) is -0.416. The number of hydrogen-bond donors (Lipinski definition) is 4. The molecule has 1 amide bonds. The Morgan fingerprint density at radius 3 is 2.75 bits per heavy atom. The zero-order chi connectivity index (χ0) is 28.3. The average Bonchev–Trinajstić information content (AvgIpc) is 3.40. The van der Waals surface area contributed by atoms with Gasteiger partial charge in [-0.05, 0) is 55.2 Å². The SMILES string of the molecule is Nc1ccc(C(=O)NS(=O)(=O)c2ccc(NCC3CCOCC3)c([N+](=O)[O-])c2)c(Oc2cnc3[nH]ccc3c2)c1. The van der Waals surface area contributed by atoms with Gasteiger partial charge in [-0.2, -0.15) is 0 Å². The van der Waals surface area contributed by atoms with Crippen LogP contribution in [0.3, 0.4) is 0 Å². The number of nitrogens with two attached hydrogens (primary N) is 1. The van der Waals surface area contributed by atoms with Gasteiger partial charge in [0.1, 0.15) is 22.8 Å². The second kappa shape index (κ2) is 11.2. The third kappa shape index (κ3) is 5.97. The zero-order valence-corrected chi connectivity index (χ0v) is 21.9. The highest BCUT2D eigenvalue weighted by Crippen LogP contribution is 2.31. The third-order valence-corrected chi connectivity index (χ3v) is 7.81. The molecule has 1 aliphatic heterocycles. The first-order chi connectivity index (χ1) is 19.2. The van der Waals surface area contributed by atoms with Crippen LogP contribution in [-0.2, 0) is 14.8 Å². The number of fused-ring (bicyclic) bond motifs is 1. The molecular weight excluding hydrogens is 540 g/mol. The number of aromatic nitrogens is 2. The number of rotatable bonds is 9. The van der Waals surface area contributed by atoms with Gasteiger partial charge in [0.2, 0.25) is 0 Å². The van der Waals surface area contributed by atoms with Crippen LogP contribution in [0, 0.1) is 16.0 Å². The molecule has 4 aromatic rings. The number of benzene rings is 2. The number of anilines is 2. The molecule has 1 fully saturated rings. The van der Waals surface area contributed by atoms with Gasteiger partial charge in [0, 0.05) is 49.2 Å². The lowest BCUT2D eigenvalue weighted by Gasteiger charge is -2.22. The number of nitrogens with one attached hydrogen (secondary N) is 3. The Bertz CT molecular complexity index is 1680. The molecule has 5 N–H and O–H groups in total. The van der Waals surface area contributed by atoms with Crippen LogP contribution in [0.2, 0.25) is 0 Å². The van der Waals surface area contributed by atoms with E-state index in [9.17, 15) is 23.3 Å². The predicted octanol–water partition coefficient (Wildman–Crippen LogP) is 3.80. The third-order valence-electron chi connectivity index (χ3n) is 6.48. The molecule has 1 saturated heterocycles. The first kappa shape index (κ1) is 26.9. The summed E-state index contributed by atoms with van der Waals surface area (Å²) >= 11 is 0. The quantitative estimate of drug-likeness (QED) is 0.132. The monoisotopic (exact) mass is 566 g/mol. The van der Waals surface area contributed by atoms with Crippen molar-refractivity contribution in [3.05, 3.63) is 76.6 Å². The van der Waals surface area contributed by atoms with E-state index in [1.54, 1.807) is 18.3 Å². The van der Waals surface area contributed by atoms with Crippen molar-refractivity contribution in [1.29, 1.82) is 0 Å². The van der Waals surface area contributed by atoms with Gasteiger partial charge < -0.3 is 25.5 Å². The molecule has 0 spiro atoms. The van der Waals surface area contributed by atoms with E-state index >= 15 is 0 Å². The maximum Gasteiger partial charge on any atom is 0.293 e. The van der Waals surface area contributed by atoms with Gasteiger partial charge in [-0.25, -0.2) is 18.1 Å². The molecule has 0 unspecified atom stereocenters. The minimum absolute atomic E-state index is 0.00280. The number of hydrogen-bond acceptors (Lipinski definition) is 10. The van der Waals surface area contributed by atoms with Crippen molar-refractivity contribution in [2.75, 3.05) is 30.8 Å². The molecule has 14 heteroatoms. The highest BCUT2D eigenvalue weighted by molar-refractivity contribution is 7.90. The fourth-order valence-corrected chi connectivity index (χ4v) is 5.32. The van der Waals surface area contributed by atoms with Crippen molar-refractivity contribution in [2.24, 2.45) is 5.92 Å². The zero-order valence-electron chi connectivity index (χ0n) is 21.1. The summed E-state index contributed by atoms with van der Waals surface area (Å²) in [6.07, 6.45) is 4.81. The van der Waals surface area contributed by atoms with Gasteiger partial charge in [-0.1, -0.05) is 0 Å². The van der Waals surface area contributed by atoms with E-state index in [0.717, 1.165) is 24.3 Å². The van der Waals surface area contributed by atoms with Gasteiger partial charge in [0.25, 0.3) is 21.6 Å². The molecule has 3 heterocycles. The Balaban J connectivity index is 1.35. The lowest BCUT2D eigenvalue weighted by atomic mass is 10.0. The van der Waals surface area contributed by atoms with Gasteiger partial charge in [0.15, 0.2) is 0 Å². The van der Waals surface area contributed by atoms with Crippen LogP contribution in [0.25, 0.3) is 11.0 Å². The minimum atomic E-state index is -4.49. The molecule has 2 aromatic carbocycles. The maximum atomic E-state index is 13.1. The predicted molar refractivity (Wildman–Crippen MR) is 147 cm³/mol. The Kier molecular flexibility index (Phi) is 7.53. The van der Waals surface area contributed by atoms with Crippen LogP contribution >= 0.6 is 0 Å². The number of pyridine rings is 1. The van der Waals surface area contributed by atoms with E-state index in [-0.39, 0.29) is 28.6 Å². The lowest BCUT2D eigenvalue weighted by molar-refractivity contribution is -0.384. The second-order valence-corrected chi connectivity index (χ2v) is 10.9. The van der Waals surface area contributed by atoms with E-state index < -0.39 is 31.4 Å². The van der Waals surface area contributed by atoms with Crippen molar-refractivity contribution in [1.82, 2.24) is 14.7 Å². The normalized spacial score (nSPS) is 14.1. The van der Waals surface area contributed by atoms with Crippen molar-refractivity contribution in [2.45, 2.75) is 17.7 Å². The van der Waals surface area contributed by atoms with Gasteiger partial charge >= 0.3 is 0 Å². The number of H-pyrrole nitrogens is 1. The molecule has 1 aliphatic rings. The minimum Gasteiger partial charge on any atom is -0.455 e. The first-order valence-electron chi connectivity index (χ1n) is 12.4. The summed E-state index contributed by atoms with van der Waals surface area (Å²) < 4.78 is 39.3. The molecule has 5 rings (SSSR count). The van der Waals surface area contributed by atoms with Crippen LogP contribution < -0.4 is 20.5 Å². The fraction of sp³-hybridized carbons (Fsp3) is 0.231. The number of nitro benzene ring substituents is 1. The van der Waals surface area contributed by atoms with Crippen molar-refractivity contribution >= 4 is 44.0 Å². The second-order valence-electron chi connectivity index (χ2n) is 9.25. The van der Waals surface area contributed by atoms with Crippen LogP contribution in [0.4, 0.5) is 17.1 Å². The number of carbonyl (C=O) groups excluding carboxylic acids is 1. The number of nitro groups is 1. The summed E-state index contributed by atoms with van der Waals surface area (Å²) in [4.78, 5) is 30.9. The number of ether oxygens (including phenoxy) is 2. The van der Waals surface area contributed by atoms with E-state index in [1.807, 2.05) is 4.72 Å². The van der Waals surface area contributed by atoms with Crippen molar-refractivity contribution in [3.8, 4) is 11.5 Å². The molecule has 2 aromatic heterocycles. The van der Waals surface area contributed by atoms with Gasteiger partial charge in [0.05, 0.1) is 21.6 Å².